The SMILES string of the molecule is FC[C@@H]1C[C@H]2C=C[C@@H]1C2. The van der Waals surface area contributed by atoms with E-state index in [1.165, 1.54) is 6.42 Å². The summed E-state index contributed by atoms with van der Waals surface area (Å²) in [6.45, 7) is -0.106. The molecule has 0 spiro atoms. The first-order valence-corrected chi connectivity index (χ1v) is 3.64. The van der Waals surface area contributed by atoms with Crippen molar-refractivity contribution in [3.8, 4) is 0 Å². The highest BCUT2D eigenvalue weighted by atomic mass is 19.1. The number of hydrogen-bond acceptors (Lipinski definition) is 0. The minimum Gasteiger partial charge on any atom is -0.251 e. The molecule has 0 heterocycles. The van der Waals surface area contributed by atoms with E-state index in [1.54, 1.807) is 0 Å². The summed E-state index contributed by atoms with van der Waals surface area (Å²) in [5, 5.41) is 0. The topological polar surface area (TPSA) is 0 Å². The van der Waals surface area contributed by atoms with Crippen molar-refractivity contribution < 1.29 is 4.39 Å². The van der Waals surface area contributed by atoms with Crippen LogP contribution in [0.5, 0.6) is 0 Å². The average molecular weight is 126 g/mol. The van der Waals surface area contributed by atoms with E-state index in [0.29, 0.717) is 11.8 Å². The van der Waals surface area contributed by atoms with Crippen LogP contribution >= 0.6 is 0 Å². The smallest absolute Gasteiger partial charge is 0.0928 e. The summed E-state index contributed by atoms with van der Waals surface area (Å²) in [6.07, 6.45) is 6.78. The summed E-state index contributed by atoms with van der Waals surface area (Å²) in [6, 6.07) is 0. The minimum atomic E-state index is -0.106. The van der Waals surface area contributed by atoms with Crippen molar-refractivity contribution >= 4 is 0 Å². The summed E-state index contributed by atoms with van der Waals surface area (Å²) in [5.41, 5.74) is 0. The predicted octanol–water partition coefficient (Wildman–Crippen LogP) is 2.17. The van der Waals surface area contributed by atoms with E-state index < -0.39 is 0 Å². The van der Waals surface area contributed by atoms with Crippen molar-refractivity contribution in [1.82, 2.24) is 0 Å². The molecule has 0 saturated heterocycles. The molecule has 0 unspecified atom stereocenters. The average Bonchev–Trinajstić information content (AvgIpc) is 2.45. The highest BCUT2D eigenvalue weighted by Crippen LogP contribution is 2.43. The number of hydrogen-bond donors (Lipinski definition) is 0. The Balaban J connectivity index is 2.10. The second-order valence-electron chi connectivity index (χ2n) is 3.19. The van der Waals surface area contributed by atoms with E-state index in [-0.39, 0.29) is 6.67 Å². The molecule has 0 aromatic rings. The molecule has 1 saturated carbocycles. The first kappa shape index (κ1) is 5.45. The summed E-state index contributed by atoms with van der Waals surface area (Å²) in [7, 11) is 0. The zero-order valence-electron chi connectivity index (χ0n) is 5.39. The summed E-state index contributed by atoms with van der Waals surface area (Å²) in [5.74, 6) is 1.70. The molecule has 0 aromatic carbocycles. The zero-order valence-corrected chi connectivity index (χ0v) is 5.39. The van der Waals surface area contributed by atoms with E-state index in [4.69, 9.17) is 0 Å². The van der Waals surface area contributed by atoms with Crippen LogP contribution in [0, 0.1) is 17.8 Å². The third kappa shape index (κ3) is 0.707. The molecule has 1 heteroatoms. The van der Waals surface area contributed by atoms with Gasteiger partial charge in [-0.3, -0.25) is 4.39 Å². The molecule has 3 atom stereocenters. The molecule has 2 aliphatic rings. The van der Waals surface area contributed by atoms with Crippen LogP contribution in [0.4, 0.5) is 4.39 Å². The van der Waals surface area contributed by atoms with Crippen LogP contribution in [-0.4, -0.2) is 6.67 Å². The van der Waals surface area contributed by atoms with Gasteiger partial charge in [-0.25, -0.2) is 0 Å². The Labute approximate surface area is 54.8 Å². The van der Waals surface area contributed by atoms with Crippen molar-refractivity contribution in [2.75, 3.05) is 6.67 Å². The van der Waals surface area contributed by atoms with Gasteiger partial charge in [-0.05, 0) is 30.6 Å². The number of halogens is 1. The van der Waals surface area contributed by atoms with Crippen LogP contribution < -0.4 is 0 Å². The monoisotopic (exact) mass is 126 g/mol. The van der Waals surface area contributed by atoms with Gasteiger partial charge in [-0.2, -0.15) is 0 Å². The molecule has 50 valence electrons. The van der Waals surface area contributed by atoms with Gasteiger partial charge in [0.15, 0.2) is 0 Å². The van der Waals surface area contributed by atoms with Crippen molar-refractivity contribution in [3.63, 3.8) is 0 Å². The maximum absolute atomic E-state index is 12.1. The largest absolute Gasteiger partial charge is 0.251 e. The normalized spacial score (nSPS) is 46.6. The van der Waals surface area contributed by atoms with E-state index >= 15 is 0 Å². The Kier molecular flexibility index (Phi) is 1.11. The van der Waals surface area contributed by atoms with Gasteiger partial charge in [0.05, 0.1) is 6.67 Å². The molecule has 0 N–H and O–H groups in total. The third-order valence-electron chi connectivity index (χ3n) is 2.61. The van der Waals surface area contributed by atoms with Crippen molar-refractivity contribution in [2.24, 2.45) is 17.8 Å². The lowest BCUT2D eigenvalue weighted by Gasteiger charge is -2.12. The van der Waals surface area contributed by atoms with Crippen LogP contribution in [0.2, 0.25) is 0 Å². The maximum atomic E-state index is 12.1. The van der Waals surface area contributed by atoms with E-state index in [0.717, 1.165) is 12.3 Å². The first-order chi connectivity index (χ1) is 4.40. The number of fused-ring (bicyclic) bond motifs is 2. The first-order valence-electron chi connectivity index (χ1n) is 3.64. The minimum absolute atomic E-state index is 0.106. The zero-order chi connectivity index (χ0) is 6.27. The maximum Gasteiger partial charge on any atom is 0.0928 e. The molecule has 2 aliphatic carbocycles. The molecule has 9 heavy (non-hydrogen) atoms. The fourth-order valence-corrected chi connectivity index (χ4v) is 2.07. The molecular formula is C8H11F. The van der Waals surface area contributed by atoms with Gasteiger partial charge in [0.2, 0.25) is 0 Å². The number of alkyl halides is 1. The summed E-state index contributed by atoms with van der Waals surface area (Å²) in [4.78, 5) is 0. The quantitative estimate of drug-likeness (QED) is 0.472. The highest BCUT2D eigenvalue weighted by Gasteiger charge is 2.35. The lowest BCUT2D eigenvalue weighted by molar-refractivity contribution is 0.322. The number of allylic oxidation sites excluding steroid dienone is 2. The lowest BCUT2D eigenvalue weighted by Crippen LogP contribution is -2.08. The second-order valence-corrected chi connectivity index (χ2v) is 3.19. The molecule has 0 nitrogen and oxygen atoms in total. The summed E-state index contributed by atoms with van der Waals surface area (Å²) >= 11 is 0. The molecule has 0 amide bonds. The second kappa shape index (κ2) is 1.83. The molecule has 2 bridgehead atoms. The fourth-order valence-electron chi connectivity index (χ4n) is 2.07. The fraction of sp³-hybridized carbons (Fsp3) is 0.750. The van der Waals surface area contributed by atoms with Crippen LogP contribution in [-0.2, 0) is 0 Å². The summed E-state index contributed by atoms with van der Waals surface area (Å²) < 4.78 is 12.1. The van der Waals surface area contributed by atoms with Crippen molar-refractivity contribution in [2.45, 2.75) is 12.8 Å². The Bertz CT molecular complexity index is 140. The molecule has 0 aromatic heterocycles. The van der Waals surface area contributed by atoms with Gasteiger partial charge in [0, 0.05) is 0 Å². The molecule has 0 radical (unpaired) electrons. The molecule has 2 rings (SSSR count). The van der Waals surface area contributed by atoms with Crippen LogP contribution in [0.3, 0.4) is 0 Å². The lowest BCUT2D eigenvalue weighted by atomic mass is 9.95. The van der Waals surface area contributed by atoms with Crippen LogP contribution in [0.25, 0.3) is 0 Å². The van der Waals surface area contributed by atoms with Gasteiger partial charge < -0.3 is 0 Å². The number of rotatable bonds is 1. The van der Waals surface area contributed by atoms with Crippen molar-refractivity contribution in [3.05, 3.63) is 12.2 Å². The van der Waals surface area contributed by atoms with Crippen LogP contribution in [0.15, 0.2) is 12.2 Å². The Morgan fingerprint density at radius 3 is 2.56 bits per heavy atom. The van der Waals surface area contributed by atoms with Gasteiger partial charge >= 0.3 is 0 Å². The Morgan fingerprint density at radius 1 is 1.33 bits per heavy atom. The molecular weight excluding hydrogens is 115 g/mol. The van der Waals surface area contributed by atoms with Gasteiger partial charge in [0.25, 0.3) is 0 Å². The van der Waals surface area contributed by atoms with E-state index in [9.17, 15) is 4.39 Å². The molecule has 1 fully saturated rings. The van der Waals surface area contributed by atoms with Crippen molar-refractivity contribution in [1.29, 1.82) is 0 Å². The van der Waals surface area contributed by atoms with Gasteiger partial charge in [-0.1, -0.05) is 12.2 Å². The van der Waals surface area contributed by atoms with Crippen LogP contribution in [0.1, 0.15) is 12.8 Å². The van der Waals surface area contributed by atoms with Gasteiger partial charge in [0.1, 0.15) is 0 Å². The Hall–Kier alpha value is -0.330. The van der Waals surface area contributed by atoms with Gasteiger partial charge in [-0.15, -0.1) is 0 Å². The predicted molar refractivity (Wildman–Crippen MR) is 34.8 cm³/mol. The third-order valence-corrected chi connectivity index (χ3v) is 2.61. The van der Waals surface area contributed by atoms with E-state index in [2.05, 4.69) is 12.2 Å². The standard InChI is InChI=1S/C8H11F/c9-5-8-4-6-1-2-7(8)3-6/h1-2,6-8H,3-5H2/t6-,7+,8-/m0/s1. The molecule has 0 aliphatic heterocycles. The van der Waals surface area contributed by atoms with E-state index in [1.807, 2.05) is 0 Å². The highest BCUT2D eigenvalue weighted by molar-refractivity contribution is 5.09. The Morgan fingerprint density at radius 2 is 2.22 bits per heavy atom.